The van der Waals surface area contributed by atoms with Gasteiger partial charge in [0, 0.05) is 24.1 Å². The zero-order chi connectivity index (χ0) is 13.1. The van der Waals surface area contributed by atoms with Crippen LogP contribution in [0.15, 0.2) is 18.2 Å². The summed E-state index contributed by atoms with van der Waals surface area (Å²) in [6, 6.07) is 4.63. The quantitative estimate of drug-likeness (QED) is 0.815. The van der Waals surface area contributed by atoms with Gasteiger partial charge in [0.05, 0.1) is 0 Å². The summed E-state index contributed by atoms with van der Waals surface area (Å²) in [5.41, 5.74) is 1.01. The summed E-state index contributed by atoms with van der Waals surface area (Å²) >= 11 is 0. The Morgan fingerprint density at radius 1 is 1.35 bits per heavy atom. The molecule has 0 spiro atoms. The number of nitrogens with one attached hydrogen (secondary N) is 1. The molecule has 1 N–H and O–H groups in total. The molecule has 0 aliphatic carbocycles. The van der Waals surface area contributed by atoms with Crippen LogP contribution < -0.4 is 5.32 Å². The van der Waals surface area contributed by atoms with Gasteiger partial charge in [-0.05, 0) is 39.3 Å². The molecule has 94 valence electrons. The van der Waals surface area contributed by atoms with Crippen LogP contribution in [0.1, 0.15) is 43.1 Å². The molecular weight excluding hydrogens is 217 g/mol. The highest BCUT2D eigenvalue weighted by atomic mass is 19.1. The molecule has 0 atom stereocenters. The van der Waals surface area contributed by atoms with Crippen LogP contribution in [0.5, 0.6) is 0 Å². The molecule has 0 heterocycles. The number of carbonyl (C=O) groups excluding carboxylic acids is 1. The minimum absolute atomic E-state index is 0.00118. The normalized spacial score (nSPS) is 11.6. The second-order valence-electron chi connectivity index (χ2n) is 5.31. The third-order valence-corrected chi connectivity index (χ3v) is 2.50. The maximum atomic E-state index is 13.3. The lowest BCUT2D eigenvalue weighted by atomic mass is 10.0. The lowest BCUT2D eigenvalue weighted by Crippen LogP contribution is -2.37. The number of rotatable bonds is 4. The molecule has 1 aromatic rings. The van der Waals surface area contributed by atoms with Gasteiger partial charge < -0.3 is 5.32 Å². The first kappa shape index (κ1) is 13.8. The van der Waals surface area contributed by atoms with E-state index in [0.29, 0.717) is 24.1 Å². The van der Waals surface area contributed by atoms with Gasteiger partial charge in [-0.1, -0.05) is 12.1 Å². The highest BCUT2D eigenvalue weighted by molar-refractivity contribution is 5.96. The molecule has 0 bridgehead atoms. The first-order valence-electron chi connectivity index (χ1n) is 5.84. The van der Waals surface area contributed by atoms with Gasteiger partial charge in [0.2, 0.25) is 0 Å². The summed E-state index contributed by atoms with van der Waals surface area (Å²) in [7, 11) is 0. The van der Waals surface area contributed by atoms with Crippen molar-refractivity contribution in [3.63, 3.8) is 0 Å². The summed E-state index contributed by atoms with van der Waals surface area (Å²) in [6.07, 6.45) is 0.389. The Hall–Kier alpha value is -1.22. The van der Waals surface area contributed by atoms with Gasteiger partial charge in [-0.3, -0.25) is 4.79 Å². The highest BCUT2D eigenvalue weighted by Gasteiger charge is 2.11. The molecule has 17 heavy (non-hydrogen) atoms. The molecule has 0 aromatic heterocycles. The average molecular weight is 237 g/mol. The SMILES string of the molecule is Cc1ccc(C(=O)CCNC(C)(C)C)cc1F. The smallest absolute Gasteiger partial charge is 0.164 e. The minimum atomic E-state index is -0.320. The molecule has 1 rings (SSSR count). The van der Waals surface area contributed by atoms with Crippen molar-refractivity contribution in [2.45, 2.75) is 39.7 Å². The van der Waals surface area contributed by atoms with Crippen LogP contribution in [0.4, 0.5) is 4.39 Å². The highest BCUT2D eigenvalue weighted by Crippen LogP contribution is 2.11. The third kappa shape index (κ3) is 4.65. The number of halogens is 1. The van der Waals surface area contributed by atoms with E-state index in [1.54, 1.807) is 19.1 Å². The van der Waals surface area contributed by atoms with Crippen LogP contribution in [-0.4, -0.2) is 17.9 Å². The molecule has 0 saturated heterocycles. The van der Waals surface area contributed by atoms with Gasteiger partial charge in [0.1, 0.15) is 5.82 Å². The largest absolute Gasteiger partial charge is 0.312 e. The fourth-order valence-corrected chi connectivity index (χ4v) is 1.46. The van der Waals surface area contributed by atoms with Gasteiger partial charge >= 0.3 is 0 Å². The molecule has 0 amide bonds. The van der Waals surface area contributed by atoms with Crippen molar-refractivity contribution in [1.82, 2.24) is 5.32 Å². The predicted molar refractivity (Wildman–Crippen MR) is 67.8 cm³/mol. The van der Waals surface area contributed by atoms with Crippen LogP contribution in [0.2, 0.25) is 0 Å². The van der Waals surface area contributed by atoms with Crippen LogP contribution >= 0.6 is 0 Å². The topological polar surface area (TPSA) is 29.1 Å². The molecule has 0 aliphatic heterocycles. The van der Waals surface area contributed by atoms with E-state index in [2.05, 4.69) is 5.32 Å². The van der Waals surface area contributed by atoms with Crippen molar-refractivity contribution in [2.75, 3.05) is 6.54 Å². The predicted octanol–water partition coefficient (Wildman–Crippen LogP) is 3.10. The number of hydrogen-bond donors (Lipinski definition) is 1. The molecule has 0 fully saturated rings. The van der Waals surface area contributed by atoms with Crippen molar-refractivity contribution < 1.29 is 9.18 Å². The number of ketones is 1. The van der Waals surface area contributed by atoms with Crippen molar-refractivity contribution in [1.29, 1.82) is 0 Å². The van der Waals surface area contributed by atoms with Crippen LogP contribution in [-0.2, 0) is 0 Å². The van der Waals surface area contributed by atoms with E-state index >= 15 is 0 Å². The molecule has 1 aromatic carbocycles. The monoisotopic (exact) mass is 237 g/mol. The van der Waals surface area contributed by atoms with Crippen molar-refractivity contribution >= 4 is 5.78 Å². The maximum absolute atomic E-state index is 13.3. The Labute approximate surface area is 102 Å². The van der Waals surface area contributed by atoms with Crippen LogP contribution in [0.25, 0.3) is 0 Å². The summed E-state index contributed by atoms with van der Waals surface area (Å²) in [6.45, 7) is 8.43. The van der Waals surface area contributed by atoms with E-state index in [0.717, 1.165) is 0 Å². The summed E-state index contributed by atoms with van der Waals surface area (Å²) < 4.78 is 13.3. The molecule has 0 aliphatic rings. The Morgan fingerprint density at radius 2 is 2.00 bits per heavy atom. The zero-order valence-corrected chi connectivity index (χ0v) is 10.9. The second-order valence-corrected chi connectivity index (χ2v) is 5.31. The summed E-state index contributed by atoms with van der Waals surface area (Å²) in [4.78, 5) is 11.8. The van der Waals surface area contributed by atoms with E-state index in [1.807, 2.05) is 20.8 Å². The fraction of sp³-hybridized carbons (Fsp3) is 0.500. The van der Waals surface area contributed by atoms with Gasteiger partial charge in [0.15, 0.2) is 5.78 Å². The van der Waals surface area contributed by atoms with Crippen molar-refractivity contribution in [3.8, 4) is 0 Å². The molecule has 0 unspecified atom stereocenters. The summed E-state index contributed by atoms with van der Waals surface area (Å²) in [5, 5.41) is 3.23. The molecule has 0 radical (unpaired) electrons. The van der Waals surface area contributed by atoms with E-state index in [1.165, 1.54) is 6.07 Å². The zero-order valence-electron chi connectivity index (χ0n) is 10.9. The Balaban J connectivity index is 2.56. The number of benzene rings is 1. The van der Waals surface area contributed by atoms with E-state index in [4.69, 9.17) is 0 Å². The molecule has 3 heteroatoms. The number of aryl methyl sites for hydroxylation is 1. The lowest BCUT2D eigenvalue weighted by molar-refractivity contribution is 0.0980. The Kier molecular flexibility index (Phi) is 4.40. The van der Waals surface area contributed by atoms with Crippen molar-refractivity contribution in [2.24, 2.45) is 0 Å². The average Bonchev–Trinajstić information content (AvgIpc) is 2.20. The van der Waals surface area contributed by atoms with E-state index in [-0.39, 0.29) is 17.1 Å². The van der Waals surface area contributed by atoms with Gasteiger partial charge in [-0.25, -0.2) is 4.39 Å². The van der Waals surface area contributed by atoms with Crippen LogP contribution in [0.3, 0.4) is 0 Å². The third-order valence-electron chi connectivity index (χ3n) is 2.50. The summed E-state index contributed by atoms with van der Waals surface area (Å²) in [5.74, 6) is -0.347. The van der Waals surface area contributed by atoms with E-state index in [9.17, 15) is 9.18 Å². The maximum Gasteiger partial charge on any atom is 0.164 e. The Morgan fingerprint density at radius 3 is 2.53 bits per heavy atom. The fourth-order valence-electron chi connectivity index (χ4n) is 1.46. The number of hydrogen-bond acceptors (Lipinski definition) is 2. The number of Topliss-reactive ketones (excluding diaryl/α,β-unsaturated/α-hetero) is 1. The minimum Gasteiger partial charge on any atom is -0.312 e. The first-order chi connectivity index (χ1) is 7.79. The molecule has 0 saturated carbocycles. The molecular formula is C14H20FNO. The first-order valence-corrected chi connectivity index (χ1v) is 5.84. The van der Waals surface area contributed by atoms with Gasteiger partial charge in [-0.15, -0.1) is 0 Å². The van der Waals surface area contributed by atoms with Crippen LogP contribution in [0, 0.1) is 12.7 Å². The standard InChI is InChI=1S/C14H20FNO/c1-10-5-6-11(9-12(10)15)13(17)7-8-16-14(2,3)4/h5-6,9,16H,7-8H2,1-4H3. The van der Waals surface area contributed by atoms with Crippen molar-refractivity contribution in [3.05, 3.63) is 35.1 Å². The van der Waals surface area contributed by atoms with E-state index < -0.39 is 0 Å². The number of carbonyl (C=O) groups is 1. The Bertz CT molecular complexity index is 407. The molecule has 2 nitrogen and oxygen atoms in total. The van der Waals surface area contributed by atoms with Gasteiger partial charge in [0.25, 0.3) is 0 Å². The van der Waals surface area contributed by atoms with Gasteiger partial charge in [-0.2, -0.15) is 0 Å². The lowest BCUT2D eigenvalue weighted by Gasteiger charge is -2.20. The second kappa shape index (κ2) is 5.41.